The predicted molar refractivity (Wildman–Crippen MR) is 76.5 cm³/mol. The summed E-state index contributed by atoms with van der Waals surface area (Å²) in [5.74, 6) is 0.116. The Morgan fingerprint density at radius 3 is 2.88 bits per heavy atom. The van der Waals surface area contributed by atoms with Gasteiger partial charge in [-0.25, -0.2) is 0 Å². The molecule has 1 aromatic heterocycles. The van der Waals surface area contributed by atoms with Crippen molar-refractivity contribution in [2.45, 2.75) is 6.42 Å². The van der Waals surface area contributed by atoms with Crippen molar-refractivity contribution in [2.75, 3.05) is 0 Å². The largest absolute Gasteiger partial charge is 0.294 e. The summed E-state index contributed by atoms with van der Waals surface area (Å²) < 4.78 is 0.947. The summed E-state index contributed by atoms with van der Waals surface area (Å²) in [6, 6.07) is 7.37. The van der Waals surface area contributed by atoms with Crippen molar-refractivity contribution >= 4 is 51.3 Å². The van der Waals surface area contributed by atoms with Crippen LogP contribution in [0.15, 0.2) is 35.0 Å². The lowest BCUT2D eigenvalue weighted by atomic mass is 10.1. The number of hydrogen-bond donors (Lipinski definition) is 0. The zero-order valence-corrected chi connectivity index (χ0v) is 12.0. The lowest BCUT2D eigenvalue weighted by molar-refractivity contribution is 0.0992. The molecule has 2 rings (SSSR count). The minimum Gasteiger partial charge on any atom is -0.294 e. The van der Waals surface area contributed by atoms with Crippen LogP contribution in [0.25, 0.3) is 0 Å². The Balaban J connectivity index is 2.24. The monoisotopic (exact) mass is 362 g/mol. The molecule has 0 N–H and O–H groups in total. The van der Waals surface area contributed by atoms with E-state index in [0.717, 1.165) is 9.13 Å². The third kappa shape index (κ3) is 2.84. The van der Waals surface area contributed by atoms with Gasteiger partial charge in [-0.1, -0.05) is 11.6 Å². The van der Waals surface area contributed by atoms with Crippen molar-refractivity contribution in [3.63, 3.8) is 0 Å². The Bertz CT molecular complexity index is 508. The topological polar surface area (TPSA) is 17.1 Å². The molecule has 0 unspecified atom stereocenters. The Hall–Kier alpha value is -0.390. The van der Waals surface area contributed by atoms with Gasteiger partial charge >= 0.3 is 0 Å². The number of hydrogen-bond acceptors (Lipinski definition) is 2. The first-order valence-electron chi connectivity index (χ1n) is 4.66. The average molecular weight is 363 g/mol. The molecule has 16 heavy (non-hydrogen) atoms. The minimum absolute atomic E-state index is 0.116. The molecular formula is C12H8ClIOS. The van der Waals surface area contributed by atoms with E-state index in [2.05, 4.69) is 22.6 Å². The highest BCUT2D eigenvalue weighted by molar-refractivity contribution is 14.1. The lowest BCUT2D eigenvalue weighted by Crippen LogP contribution is -2.04. The van der Waals surface area contributed by atoms with Crippen LogP contribution in [0.3, 0.4) is 0 Å². The molecule has 0 aliphatic rings. The molecule has 0 saturated carbocycles. The summed E-state index contributed by atoms with van der Waals surface area (Å²) in [6.45, 7) is 0. The molecule has 0 atom stereocenters. The van der Waals surface area contributed by atoms with Crippen LogP contribution in [-0.4, -0.2) is 5.78 Å². The van der Waals surface area contributed by atoms with Crippen LogP contribution < -0.4 is 0 Å². The van der Waals surface area contributed by atoms with Crippen LogP contribution >= 0.6 is 45.5 Å². The Labute approximate surface area is 117 Å². The van der Waals surface area contributed by atoms with Gasteiger partial charge in [0.15, 0.2) is 5.78 Å². The first-order chi connectivity index (χ1) is 7.66. The molecule has 0 spiro atoms. The quantitative estimate of drug-likeness (QED) is 0.583. The maximum Gasteiger partial charge on any atom is 0.168 e. The smallest absolute Gasteiger partial charge is 0.168 e. The Morgan fingerprint density at radius 1 is 1.38 bits per heavy atom. The number of carbonyl (C=O) groups is 1. The van der Waals surface area contributed by atoms with Gasteiger partial charge in [0.25, 0.3) is 0 Å². The molecule has 0 fully saturated rings. The highest BCUT2D eigenvalue weighted by atomic mass is 127. The second kappa shape index (κ2) is 5.29. The fourth-order valence-electron chi connectivity index (χ4n) is 1.39. The standard InChI is InChI=1S/C12H8ClIOS/c13-9-1-2-11(14)10(6-9)12(15)5-8-3-4-16-7-8/h1-4,6-7H,5H2. The zero-order chi connectivity index (χ0) is 11.5. The van der Waals surface area contributed by atoms with E-state index in [0.29, 0.717) is 17.0 Å². The molecule has 1 nitrogen and oxygen atoms in total. The third-order valence-corrected chi connectivity index (χ3v) is 4.08. The van der Waals surface area contributed by atoms with Gasteiger partial charge in [-0.3, -0.25) is 4.79 Å². The third-order valence-electron chi connectivity index (χ3n) is 2.17. The summed E-state index contributed by atoms with van der Waals surface area (Å²) in [6.07, 6.45) is 0.444. The van der Waals surface area contributed by atoms with Gasteiger partial charge in [-0.05, 0) is 63.2 Å². The zero-order valence-electron chi connectivity index (χ0n) is 8.24. The highest BCUT2D eigenvalue weighted by Crippen LogP contribution is 2.20. The predicted octanol–water partition coefficient (Wildman–Crippen LogP) is 4.43. The Kier molecular flexibility index (Phi) is 4.00. The van der Waals surface area contributed by atoms with E-state index in [4.69, 9.17) is 11.6 Å². The molecule has 0 aliphatic carbocycles. The van der Waals surface area contributed by atoms with Gasteiger partial charge in [-0.2, -0.15) is 11.3 Å². The average Bonchev–Trinajstić information content (AvgIpc) is 2.74. The summed E-state index contributed by atoms with van der Waals surface area (Å²) in [5, 5.41) is 4.58. The normalized spacial score (nSPS) is 10.4. The fourth-order valence-corrected chi connectivity index (χ4v) is 2.86. The molecule has 0 bridgehead atoms. The molecule has 0 aliphatic heterocycles. The van der Waals surface area contributed by atoms with Gasteiger partial charge < -0.3 is 0 Å². The van der Waals surface area contributed by atoms with Gasteiger partial charge in [0.2, 0.25) is 0 Å². The first-order valence-corrected chi connectivity index (χ1v) is 7.06. The van der Waals surface area contributed by atoms with Crippen molar-refractivity contribution in [3.05, 3.63) is 54.7 Å². The SMILES string of the molecule is O=C(Cc1ccsc1)c1cc(Cl)ccc1I. The second-order valence-electron chi connectivity index (χ2n) is 3.36. The first kappa shape index (κ1) is 12.1. The number of thiophene rings is 1. The van der Waals surface area contributed by atoms with E-state index in [-0.39, 0.29) is 5.78 Å². The summed E-state index contributed by atoms with van der Waals surface area (Å²) >= 11 is 9.65. The van der Waals surface area contributed by atoms with Crippen molar-refractivity contribution in [1.82, 2.24) is 0 Å². The van der Waals surface area contributed by atoms with Crippen LogP contribution in [-0.2, 0) is 6.42 Å². The number of carbonyl (C=O) groups excluding carboxylic acids is 1. The summed E-state index contributed by atoms with van der Waals surface area (Å²) in [7, 11) is 0. The lowest BCUT2D eigenvalue weighted by Gasteiger charge is -2.03. The van der Waals surface area contributed by atoms with Crippen molar-refractivity contribution in [1.29, 1.82) is 0 Å². The van der Waals surface area contributed by atoms with Gasteiger partial charge in [0.1, 0.15) is 0 Å². The summed E-state index contributed by atoms with van der Waals surface area (Å²) in [4.78, 5) is 12.0. The van der Waals surface area contributed by atoms with Gasteiger partial charge in [-0.15, -0.1) is 0 Å². The molecule has 1 heterocycles. The molecule has 1 aromatic carbocycles. The van der Waals surface area contributed by atoms with Crippen LogP contribution in [0, 0.1) is 3.57 Å². The van der Waals surface area contributed by atoms with Crippen LogP contribution in [0.4, 0.5) is 0 Å². The van der Waals surface area contributed by atoms with Crippen molar-refractivity contribution in [3.8, 4) is 0 Å². The van der Waals surface area contributed by atoms with Crippen LogP contribution in [0.2, 0.25) is 5.02 Å². The van der Waals surface area contributed by atoms with E-state index in [1.54, 1.807) is 23.5 Å². The number of benzene rings is 1. The molecular weight excluding hydrogens is 355 g/mol. The Morgan fingerprint density at radius 2 is 2.19 bits per heavy atom. The second-order valence-corrected chi connectivity index (χ2v) is 5.73. The van der Waals surface area contributed by atoms with Crippen LogP contribution in [0.1, 0.15) is 15.9 Å². The van der Waals surface area contributed by atoms with E-state index in [1.807, 2.05) is 22.9 Å². The number of Topliss-reactive ketones (excluding diaryl/α,β-unsaturated/α-hetero) is 1. The van der Waals surface area contributed by atoms with Gasteiger partial charge in [0, 0.05) is 20.6 Å². The van der Waals surface area contributed by atoms with Crippen LogP contribution in [0.5, 0.6) is 0 Å². The maximum atomic E-state index is 12.0. The fraction of sp³-hybridized carbons (Fsp3) is 0.0833. The van der Waals surface area contributed by atoms with Gasteiger partial charge in [0.05, 0.1) is 0 Å². The maximum absolute atomic E-state index is 12.0. The number of halogens is 2. The van der Waals surface area contributed by atoms with E-state index in [9.17, 15) is 4.79 Å². The van der Waals surface area contributed by atoms with E-state index >= 15 is 0 Å². The molecule has 2 aromatic rings. The van der Waals surface area contributed by atoms with E-state index < -0.39 is 0 Å². The minimum atomic E-state index is 0.116. The molecule has 4 heteroatoms. The molecule has 82 valence electrons. The van der Waals surface area contributed by atoms with Crippen molar-refractivity contribution < 1.29 is 4.79 Å². The van der Waals surface area contributed by atoms with E-state index in [1.165, 1.54) is 0 Å². The molecule has 0 saturated heterocycles. The number of rotatable bonds is 3. The molecule has 0 radical (unpaired) electrons. The molecule has 0 amide bonds. The van der Waals surface area contributed by atoms with Crippen molar-refractivity contribution in [2.24, 2.45) is 0 Å². The highest BCUT2D eigenvalue weighted by Gasteiger charge is 2.11. The summed E-state index contributed by atoms with van der Waals surface area (Å²) in [5.41, 5.74) is 1.77. The number of ketones is 1.